The molecule has 16 heteroatoms. The lowest BCUT2D eigenvalue weighted by Crippen LogP contribution is -2.04. The summed E-state index contributed by atoms with van der Waals surface area (Å²) in [5, 5.41) is 26.1. The smallest absolute Gasteiger partial charge is 0.165 e. The summed E-state index contributed by atoms with van der Waals surface area (Å²) in [6.07, 6.45) is 0. The molecular formula is C99H60N16. The van der Waals surface area contributed by atoms with Crippen LogP contribution in [0.15, 0.2) is 346 Å². The van der Waals surface area contributed by atoms with Crippen molar-refractivity contribution in [2.45, 2.75) is 6.92 Å². The topological polar surface area (TPSA) is 212 Å². The molecule has 0 bridgehead atoms. The summed E-state index contributed by atoms with van der Waals surface area (Å²) in [4.78, 5) is 62.4. The van der Waals surface area contributed by atoms with Crippen molar-refractivity contribution in [3.63, 3.8) is 0 Å². The van der Waals surface area contributed by atoms with Crippen LogP contribution in [0.25, 0.3) is 203 Å². The Morgan fingerprint density at radius 3 is 0.809 bits per heavy atom. The first-order valence-electron chi connectivity index (χ1n) is 37.5. The summed E-state index contributed by atoms with van der Waals surface area (Å²) in [5.41, 5.74) is 17.6. The van der Waals surface area contributed by atoms with Gasteiger partial charge in [-0.1, -0.05) is 248 Å². The molecule has 0 unspecified atom stereocenters. The van der Waals surface area contributed by atoms with Crippen molar-refractivity contribution in [2.75, 3.05) is 0 Å². The standard InChI is InChI=1S/C99H60N16/c1-61-41-49-84-79(53-61)80-54-69(95-105-88(62-25-9-2-10-26-62)102-89(106-95)63-27-11-3-12-28-63)43-50-85(80)115(84)75-47-48-77(76-40-24-23-39-72(76)59-100)83(58-75)99-112-94(68-37-21-8-22-38-68)111-98(113-99)78-57-74(46-42-73(78)60-101)114-86-51-44-70(96-107-90(64-29-13-4-14-30-64)103-91(108-96)65-31-15-5-16-32-65)55-81(86)82-56-71(45-52-87(82)114)97-109-92(66-33-17-6-18-34-66)104-93(110-97)67-35-19-7-20-36-67/h2-58H,1H3. The normalized spacial score (nSPS) is 11.3. The number of nitrogens with zero attached hydrogens (tertiary/aromatic N) is 16. The Morgan fingerprint density at radius 2 is 0.461 bits per heavy atom. The Kier molecular flexibility index (Phi) is 17.1. The molecule has 0 aliphatic carbocycles. The number of rotatable bonds is 15. The first kappa shape index (κ1) is 68.0. The lowest BCUT2D eigenvalue weighted by molar-refractivity contribution is 1.07. The fourth-order valence-electron chi connectivity index (χ4n) is 15.1. The Morgan fingerprint density at radius 1 is 0.200 bits per heavy atom. The number of nitriles is 2. The lowest BCUT2D eigenvalue weighted by atomic mass is 9.94. The number of benzene rings is 14. The van der Waals surface area contributed by atoms with Crippen LogP contribution in [0.4, 0.5) is 0 Å². The van der Waals surface area contributed by atoms with Crippen LogP contribution in [0.3, 0.4) is 0 Å². The van der Waals surface area contributed by atoms with E-state index < -0.39 is 0 Å². The fraction of sp³-hybridized carbons (Fsp3) is 0.0101. The molecule has 0 N–H and O–H groups in total. The third-order valence-electron chi connectivity index (χ3n) is 20.7. The van der Waals surface area contributed by atoms with Crippen LogP contribution in [-0.4, -0.2) is 68.9 Å². The van der Waals surface area contributed by atoms with E-state index in [9.17, 15) is 10.5 Å². The molecule has 14 aromatic carbocycles. The second-order valence-electron chi connectivity index (χ2n) is 27.9. The van der Waals surface area contributed by atoms with Gasteiger partial charge in [0.05, 0.1) is 45.3 Å². The molecule has 6 heterocycles. The van der Waals surface area contributed by atoms with Gasteiger partial charge in [-0.15, -0.1) is 0 Å². The second-order valence-corrected chi connectivity index (χ2v) is 27.9. The number of hydrogen-bond donors (Lipinski definition) is 0. The van der Waals surface area contributed by atoms with Crippen LogP contribution in [0.2, 0.25) is 0 Å². The molecule has 6 aromatic heterocycles. The zero-order valence-electron chi connectivity index (χ0n) is 61.6. The minimum atomic E-state index is 0.248. The third kappa shape index (κ3) is 12.8. The molecular weight excluding hydrogens is 1410 g/mol. The van der Waals surface area contributed by atoms with E-state index in [1.165, 1.54) is 0 Å². The highest BCUT2D eigenvalue weighted by Crippen LogP contribution is 2.43. The van der Waals surface area contributed by atoms with Crippen LogP contribution < -0.4 is 0 Å². The Bertz CT molecular complexity index is 6930. The van der Waals surface area contributed by atoms with E-state index in [1.54, 1.807) is 0 Å². The maximum Gasteiger partial charge on any atom is 0.165 e. The third-order valence-corrected chi connectivity index (χ3v) is 20.7. The monoisotopic (exact) mass is 1470 g/mol. The van der Waals surface area contributed by atoms with E-state index in [0.717, 1.165) is 110 Å². The van der Waals surface area contributed by atoms with Gasteiger partial charge in [-0.25, -0.2) is 59.8 Å². The van der Waals surface area contributed by atoms with E-state index in [4.69, 9.17) is 59.8 Å². The lowest BCUT2D eigenvalue weighted by Gasteiger charge is -2.17. The highest BCUT2D eigenvalue weighted by Gasteiger charge is 2.26. The number of hydrogen-bond acceptors (Lipinski definition) is 14. The van der Waals surface area contributed by atoms with Gasteiger partial charge in [0.15, 0.2) is 69.9 Å². The van der Waals surface area contributed by atoms with Crippen molar-refractivity contribution >= 4 is 43.6 Å². The predicted molar refractivity (Wildman–Crippen MR) is 453 cm³/mol. The largest absolute Gasteiger partial charge is 0.309 e. The summed E-state index contributed by atoms with van der Waals surface area (Å²) in [5.74, 6) is 5.71. The Balaban J connectivity index is 0.780. The van der Waals surface area contributed by atoms with Gasteiger partial charge < -0.3 is 9.13 Å². The highest BCUT2D eigenvalue weighted by atomic mass is 15.1. The fourth-order valence-corrected chi connectivity index (χ4v) is 15.1. The minimum Gasteiger partial charge on any atom is -0.309 e. The molecule has 115 heavy (non-hydrogen) atoms. The summed E-state index contributed by atoms with van der Waals surface area (Å²) in [6, 6.07) is 120. The van der Waals surface area contributed by atoms with Gasteiger partial charge in [-0.3, -0.25) is 0 Å². The second kappa shape index (κ2) is 28.9. The van der Waals surface area contributed by atoms with Gasteiger partial charge in [0.1, 0.15) is 0 Å². The summed E-state index contributed by atoms with van der Waals surface area (Å²) in [7, 11) is 0. The molecule has 0 amide bonds. The molecule has 0 saturated heterocycles. The Hall–Kier alpha value is -16.3. The van der Waals surface area contributed by atoms with Gasteiger partial charge in [0, 0.05) is 105 Å². The molecule has 0 atom stereocenters. The first-order valence-corrected chi connectivity index (χ1v) is 37.5. The number of aryl methyl sites for hydroxylation is 1. The molecule has 20 aromatic rings. The van der Waals surface area contributed by atoms with Gasteiger partial charge >= 0.3 is 0 Å². The Labute approximate surface area is 659 Å². The van der Waals surface area contributed by atoms with Crippen molar-refractivity contribution in [3.05, 3.63) is 362 Å². The molecule has 0 radical (unpaired) electrons. The average Bonchev–Trinajstić information content (AvgIpc) is 1.59. The molecule has 0 spiro atoms. The van der Waals surface area contributed by atoms with Crippen LogP contribution in [-0.2, 0) is 0 Å². The maximum atomic E-state index is 11.4. The van der Waals surface area contributed by atoms with E-state index in [2.05, 4.69) is 101 Å². The number of aromatic nitrogens is 14. The van der Waals surface area contributed by atoms with Crippen molar-refractivity contribution in [1.29, 1.82) is 10.5 Å². The van der Waals surface area contributed by atoms with Crippen LogP contribution in [0.5, 0.6) is 0 Å². The van der Waals surface area contributed by atoms with Crippen LogP contribution >= 0.6 is 0 Å². The summed E-state index contributed by atoms with van der Waals surface area (Å²) >= 11 is 0. The molecule has 0 aliphatic heterocycles. The predicted octanol–water partition coefficient (Wildman–Crippen LogP) is 22.3. The van der Waals surface area contributed by atoms with E-state index >= 15 is 0 Å². The van der Waals surface area contributed by atoms with Gasteiger partial charge in [-0.2, -0.15) is 10.5 Å². The van der Waals surface area contributed by atoms with Crippen molar-refractivity contribution < 1.29 is 0 Å². The molecule has 16 nitrogen and oxygen atoms in total. The molecule has 20 rings (SSSR count). The molecule has 0 saturated carbocycles. The molecule has 536 valence electrons. The van der Waals surface area contributed by atoms with Gasteiger partial charge in [0.25, 0.3) is 0 Å². The quantitative estimate of drug-likeness (QED) is 0.0934. The zero-order valence-corrected chi connectivity index (χ0v) is 61.6. The van der Waals surface area contributed by atoms with Gasteiger partial charge in [0.2, 0.25) is 0 Å². The van der Waals surface area contributed by atoms with Crippen molar-refractivity contribution in [1.82, 2.24) is 68.9 Å². The van der Waals surface area contributed by atoms with Gasteiger partial charge in [-0.05, 0) is 116 Å². The molecule has 0 fully saturated rings. The van der Waals surface area contributed by atoms with E-state index in [-0.39, 0.29) is 5.82 Å². The van der Waals surface area contributed by atoms with E-state index in [0.29, 0.717) is 103 Å². The minimum absolute atomic E-state index is 0.248. The highest BCUT2D eigenvalue weighted by molar-refractivity contribution is 6.13. The number of fused-ring (bicyclic) bond motifs is 6. The first-order chi connectivity index (χ1) is 56.8. The van der Waals surface area contributed by atoms with Crippen molar-refractivity contribution in [3.8, 4) is 171 Å². The summed E-state index contributed by atoms with van der Waals surface area (Å²) < 4.78 is 4.46. The summed E-state index contributed by atoms with van der Waals surface area (Å²) in [6.45, 7) is 2.10. The van der Waals surface area contributed by atoms with Crippen LogP contribution in [0.1, 0.15) is 16.7 Å². The SMILES string of the molecule is Cc1ccc2c(c1)c1cc(-c3nc(-c4ccccc4)nc(-c4ccccc4)n3)ccc1n2-c1ccc(-c2ccccc2C#N)c(-c2nc(-c3ccccc3)nc(-c3cc(-n4c5ccc(-c6nc(-c7ccccc7)nc(-c7ccccc7)n6)cc5c5cc(-c6nc(-c7ccccc7)nc(-c7ccccc7)n6)ccc54)ccc3C#N)n2)c1. The van der Waals surface area contributed by atoms with E-state index in [1.807, 2.05) is 273 Å². The zero-order chi connectivity index (χ0) is 76.9. The van der Waals surface area contributed by atoms with Crippen LogP contribution in [0, 0.1) is 29.6 Å². The average molecular weight is 1470 g/mol. The molecule has 0 aliphatic rings. The van der Waals surface area contributed by atoms with Crippen molar-refractivity contribution in [2.24, 2.45) is 0 Å². The maximum absolute atomic E-state index is 11.4.